The quantitative estimate of drug-likeness (QED) is 0.235. The molecule has 0 aromatic heterocycles. The molecular weight excluding hydrogens is 198 g/mol. The van der Waals surface area contributed by atoms with Crippen molar-refractivity contribution < 1.29 is 18.0 Å². The average Bonchev–Trinajstić information content (AvgIpc) is 1.98. The van der Waals surface area contributed by atoms with Crippen LogP contribution in [0.25, 0.3) is 0 Å². The summed E-state index contributed by atoms with van der Waals surface area (Å²) >= 11 is 0. The molecule has 0 bridgehead atoms. The van der Waals surface area contributed by atoms with Crippen LogP contribution in [-0.4, -0.2) is 30.9 Å². The maximum Gasteiger partial charge on any atom is 0.262 e. The number of nitrogens with zero attached hydrogens (tertiary/aromatic N) is 1. The van der Waals surface area contributed by atoms with Gasteiger partial charge in [0.25, 0.3) is 5.91 Å². The van der Waals surface area contributed by atoms with Crippen LogP contribution in [-0.2, 0) is 19.6 Å². The maximum absolute atomic E-state index is 11.1. The molecule has 76 valence electrons. The third-order valence-electron chi connectivity index (χ3n) is 1.37. The summed E-state index contributed by atoms with van der Waals surface area (Å²) in [7, 11) is -3.83. The molecule has 0 saturated carbocycles. The predicted molar refractivity (Wildman–Crippen MR) is 44.2 cm³/mol. The fraction of sp³-hybridized carbons (Fsp3) is 0.600. The second-order valence-corrected chi connectivity index (χ2v) is 4.38. The Bertz CT molecular complexity index is 323. The molecule has 0 heterocycles. The zero-order chi connectivity index (χ0) is 10.8. The highest BCUT2D eigenvalue weighted by atomic mass is 32.2. The van der Waals surface area contributed by atoms with E-state index in [4.69, 9.17) is 11.6 Å². The Morgan fingerprint density at radius 3 is 2.00 bits per heavy atom. The lowest BCUT2D eigenvalue weighted by Gasteiger charge is -2.16. The minimum Gasteiger partial charge on any atom is -0.369 e. The fourth-order valence-corrected chi connectivity index (χ4v) is 0.961. The molecule has 7 nitrogen and oxygen atoms in total. The van der Waals surface area contributed by atoms with Crippen molar-refractivity contribution in [1.82, 2.24) is 4.41 Å². The van der Waals surface area contributed by atoms with Crippen LogP contribution in [0.15, 0.2) is 0 Å². The van der Waals surface area contributed by atoms with Crippen molar-refractivity contribution in [3.63, 3.8) is 0 Å². The number of carbonyl (C=O) groups is 2. The highest BCUT2D eigenvalue weighted by Crippen LogP contribution is 2.01. The zero-order valence-electron chi connectivity index (χ0n) is 7.22. The Morgan fingerprint density at radius 1 is 1.38 bits per heavy atom. The molecule has 0 radical (unpaired) electrons. The first kappa shape index (κ1) is 11.8. The summed E-state index contributed by atoms with van der Waals surface area (Å²) in [4.78, 5) is 21.5. The van der Waals surface area contributed by atoms with Gasteiger partial charge in [-0.05, 0) is 6.92 Å². The molecule has 0 fully saturated rings. The molecule has 0 rings (SSSR count). The number of hydrogen-bond donors (Lipinski definition) is 2. The average molecular weight is 209 g/mol. The van der Waals surface area contributed by atoms with E-state index in [0.717, 1.165) is 6.26 Å². The second kappa shape index (κ2) is 3.71. The number of hydrogen-bond acceptors (Lipinski definition) is 5. The van der Waals surface area contributed by atoms with Crippen LogP contribution in [0.3, 0.4) is 0 Å². The number of carbonyl (C=O) groups excluding carboxylic acids is 2. The summed E-state index contributed by atoms with van der Waals surface area (Å²) in [5.74, 6) is 1.70. The number of rotatable bonds is 3. The molecule has 1 atom stereocenters. The van der Waals surface area contributed by atoms with Crippen molar-refractivity contribution >= 4 is 21.8 Å². The van der Waals surface area contributed by atoms with Crippen LogP contribution in [0.5, 0.6) is 0 Å². The Hall–Kier alpha value is -1.15. The summed E-state index contributed by atoms with van der Waals surface area (Å²) in [6, 6.07) is 0. The summed E-state index contributed by atoms with van der Waals surface area (Å²) < 4.78 is 21.5. The number of amides is 2. The molecule has 0 aromatic carbocycles. The Labute approximate surface area is 75.7 Å². The van der Waals surface area contributed by atoms with Crippen molar-refractivity contribution in [3.05, 3.63) is 0 Å². The lowest BCUT2D eigenvalue weighted by molar-refractivity contribution is -0.136. The van der Waals surface area contributed by atoms with Crippen LogP contribution in [0.1, 0.15) is 6.92 Å². The normalized spacial score (nSPS) is 13.5. The highest BCUT2D eigenvalue weighted by molar-refractivity contribution is 7.88. The molecule has 0 saturated heterocycles. The summed E-state index contributed by atoms with van der Waals surface area (Å²) in [5, 5.41) is 0. The van der Waals surface area contributed by atoms with E-state index in [1.54, 1.807) is 0 Å². The van der Waals surface area contributed by atoms with E-state index >= 15 is 0 Å². The largest absolute Gasteiger partial charge is 0.369 e. The first-order chi connectivity index (χ1) is 5.68. The van der Waals surface area contributed by atoms with Gasteiger partial charge in [0.15, 0.2) is 0 Å². The van der Waals surface area contributed by atoms with Crippen molar-refractivity contribution in [3.8, 4) is 0 Å². The molecule has 0 spiro atoms. The topological polar surface area (TPSA) is 124 Å². The van der Waals surface area contributed by atoms with Gasteiger partial charge < -0.3 is 5.73 Å². The monoisotopic (exact) mass is 209 g/mol. The SMILES string of the molecule is CC(C(N)=O)C(=O)N(N)S(C)(=O)=O. The molecule has 0 aliphatic carbocycles. The van der Waals surface area contributed by atoms with Gasteiger partial charge in [0.2, 0.25) is 15.9 Å². The number of nitrogens with two attached hydrogens (primary N) is 2. The number of sulfonamides is 1. The van der Waals surface area contributed by atoms with Gasteiger partial charge in [-0.1, -0.05) is 0 Å². The lowest BCUT2D eigenvalue weighted by Crippen LogP contribution is -2.47. The molecule has 8 heteroatoms. The minimum atomic E-state index is -3.83. The number of hydrazine groups is 1. The molecule has 0 aliphatic heterocycles. The number of primary amides is 1. The zero-order valence-corrected chi connectivity index (χ0v) is 8.04. The fourth-order valence-electron chi connectivity index (χ4n) is 0.476. The standard InChI is InChI=1S/C5H11N3O4S/c1-3(4(6)9)5(10)8(7)13(2,11)12/h3H,7H2,1-2H3,(H2,6,9). The maximum atomic E-state index is 11.1. The van der Waals surface area contributed by atoms with E-state index < -0.39 is 27.8 Å². The lowest BCUT2D eigenvalue weighted by atomic mass is 10.1. The van der Waals surface area contributed by atoms with Crippen LogP contribution in [0, 0.1) is 5.92 Å². The third kappa shape index (κ3) is 2.99. The van der Waals surface area contributed by atoms with E-state index in [9.17, 15) is 18.0 Å². The molecule has 4 N–H and O–H groups in total. The smallest absolute Gasteiger partial charge is 0.262 e. The first-order valence-electron chi connectivity index (χ1n) is 3.26. The Kier molecular flexibility index (Phi) is 3.38. The molecule has 0 aliphatic rings. The van der Waals surface area contributed by atoms with Gasteiger partial charge in [-0.15, -0.1) is 0 Å². The van der Waals surface area contributed by atoms with Gasteiger partial charge in [0.1, 0.15) is 5.92 Å². The first-order valence-corrected chi connectivity index (χ1v) is 5.11. The van der Waals surface area contributed by atoms with Gasteiger partial charge in [0.05, 0.1) is 6.26 Å². The predicted octanol–water partition coefficient (Wildman–Crippen LogP) is -2.23. The van der Waals surface area contributed by atoms with Gasteiger partial charge in [-0.25, -0.2) is 14.3 Å². The van der Waals surface area contributed by atoms with Crippen LogP contribution in [0.2, 0.25) is 0 Å². The van der Waals surface area contributed by atoms with E-state index in [2.05, 4.69) is 0 Å². The van der Waals surface area contributed by atoms with E-state index in [1.165, 1.54) is 6.92 Å². The Morgan fingerprint density at radius 2 is 1.77 bits per heavy atom. The van der Waals surface area contributed by atoms with Gasteiger partial charge in [-0.2, -0.15) is 4.41 Å². The summed E-state index contributed by atoms with van der Waals surface area (Å²) in [6.45, 7) is 1.18. The van der Waals surface area contributed by atoms with E-state index in [1.807, 2.05) is 0 Å². The van der Waals surface area contributed by atoms with Crippen LogP contribution in [0.4, 0.5) is 0 Å². The van der Waals surface area contributed by atoms with Crippen molar-refractivity contribution in [2.75, 3.05) is 6.26 Å². The molecule has 2 amide bonds. The Balaban J connectivity index is 4.73. The molecular formula is C5H11N3O4S. The molecule has 1 unspecified atom stereocenters. The molecule has 13 heavy (non-hydrogen) atoms. The van der Waals surface area contributed by atoms with Crippen LogP contribution >= 0.6 is 0 Å². The van der Waals surface area contributed by atoms with E-state index in [-0.39, 0.29) is 4.41 Å². The van der Waals surface area contributed by atoms with E-state index in [0.29, 0.717) is 0 Å². The third-order valence-corrected chi connectivity index (χ3v) is 2.27. The van der Waals surface area contributed by atoms with Crippen molar-refractivity contribution in [2.24, 2.45) is 17.5 Å². The van der Waals surface area contributed by atoms with Gasteiger partial charge in [0, 0.05) is 0 Å². The second-order valence-electron chi connectivity index (χ2n) is 2.52. The highest BCUT2D eigenvalue weighted by Gasteiger charge is 2.28. The minimum absolute atomic E-state index is 0.00241. The van der Waals surface area contributed by atoms with Crippen molar-refractivity contribution in [1.29, 1.82) is 0 Å². The summed E-state index contributed by atoms with van der Waals surface area (Å²) in [6.07, 6.45) is 0.749. The molecule has 0 aromatic rings. The van der Waals surface area contributed by atoms with Gasteiger partial charge in [-0.3, -0.25) is 9.59 Å². The van der Waals surface area contributed by atoms with Crippen LogP contribution < -0.4 is 11.6 Å². The van der Waals surface area contributed by atoms with Gasteiger partial charge >= 0.3 is 0 Å². The van der Waals surface area contributed by atoms with Crippen molar-refractivity contribution in [2.45, 2.75) is 6.92 Å². The summed E-state index contributed by atoms with van der Waals surface area (Å²) in [5.41, 5.74) is 4.78.